The molecule has 1 amide bonds. The van der Waals surface area contributed by atoms with Crippen molar-refractivity contribution in [1.82, 2.24) is 5.32 Å². The van der Waals surface area contributed by atoms with Gasteiger partial charge in [0.05, 0.1) is 19.3 Å². The van der Waals surface area contributed by atoms with Gasteiger partial charge in [-0.05, 0) is 12.8 Å². The van der Waals surface area contributed by atoms with Crippen molar-refractivity contribution in [2.45, 2.75) is 39.3 Å². The van der Waals surface area contributed by atoms with Gasteiger partial charge in [0.2, 0.25) is 0 Å². The molecule has 1 aliphatic rings. The number of ketones is 1. The molecule has 1 heterocycles. The van der Waals surface area contributed by atoms with E-state index in [2.05, 4.69) is 5.32 Å². The Morgan fingerprint density at radius 3 is 2.56 bits per heavy atom. The molecule has 1 saturated heterocycles. The van der Waals surface area contributed by atoms with E-state index in [0.717, 1.165) is 6.42 Å². The van der Waals surface area contributed by atoms with E-state index in [1.165, 1.54) is 6.92 Å². The Labute approximate surface area is 95.5 Å². The molecule has 0 aromatic rings. The zero-order chi connectivity index (χ0) is 12.1. The summed E-state index contributed by atoms with van der Waals surface area (Å²) in [6, 6.07) is -0.477. The second-order valence-electron chi connectivity index (χ2n) is 4.37. The Balaban J connectivity index is 2.38. The van der Waals surface area contributed by atoms with Crippen molar-refractivity contribution < 1.29 is 19.1 Å². The molecule has 0 radical (unpaired) electrons. The lowest BCUT2D eigenvalue weighted by molar-refractivity contribution is -0.119. The van der Waals surface area contributed by atoms with Crippen molar-refractivity contribution >= 4 is 11.9 Å². The Kier molecular flexibility index (Phi) is 4.73. The molecule has 2 atom stereocenters. The lowest BCUT2D eigenvalue weighted by atomic mass is 10.0. The van der Waals surface area contributed by atoms with Crippen LogP contribution in [0.2, 0.25) is 0 Å². The molecule has 5 heteroatoms. The van der Waals surface area contributed by atoms with E-state index >= 15 is 0 Å². The van der Waals surface area contributed by atoms with Gasteiger partial charge in [0.1, 0.15) is 6.10 Å². The molecule has 0 aliphatic carbocycles. The van der Waals surface area contributed by atoms with Gasteiger partial charge in [0, 0.05) is 6.42 Å². The predicted molar refractivity (Wildman–Crippen MR) is 58.1 cm³/mol. The first-order chi connectivity index (χ1) is 7.50. The van der Waals surface area contributed by atoms with Crippen molar-refractivity contribution in [3.8, 4) is 0 Å². The number of ether oxygens (including phenoxy) is 2. The Hall–Kier alpha value is -1.10. The van der Waals surface area contributed by atoms with E-state index in [4.69, 9.17) is 9.47 Å². The smallest absolute Gasteiger partial charge is 0.408 e. The quantitative estimate of drug-likeness (QED) is 0.784. The van der Waals surface area contributed by atoms with Gasteiger partial charge in [-0.3, -0.25) is 4.79 Å². The summed E-state index contributed by atoms with van der Waals surface area (Å²) in [4.78, 5) is 22.7. The van der Waals surface area contributed by atoms with Crippen LogP contribution in [0.15, 0.2) is 0 Å². The predicted octanol–water partition coefficient (Wildman–Crippen LogP) is 1.12. The molecule has 92 valence electrons. The number of rotatable bonds is 4. The maximum atomic E-state index is 11.5. The van der Waals surface area contributed by atoms with E-state index in [1.54, 1.807) is 0 Å². The van der Waals surface area contributed by atoms with E-state index in [-0.39, 0.29) is 17.8 Å². The number of Topliss-reactive ketones (excluding diaryl/α,β-unsaturated/α-hetero) is 1. The average molecular weight is 229 g/mol. The fraction of sp³-hybridized carbons (Fsp3) is 0.818. The van der Waals surface area contributed by atoms with Crippen molar-refractivity contribution in [3.63, 3.8) is 0 Å². The highest BCUT2D eigenvalue weighted by atomic mass is 16.6. The number of alkyl carbamates (subject to hydrolysis) is 1. The minimum absolute atomic E-state index is 0.0601. The first-order valence-electron chi connectivity index (χ1n) is 5.56. The van der Waals surface area contributed by atoms with Crippen LogP contribution in [0.1, 0.15) is 27.2 Å². The van der Waals surface area contributed by atoms with Crippen LogP contribution in [0, 0.1) is 5.92 Å². The normalized spacial score (nSPS) is 21.9. The second-order valence-corrected chi connectivity index (χ2v) is 4.37. The van der Waals surface area contributed by atoms with Crippen molar-refractivity contribution in [2.24, 2.45) is 5.92 Å². The maximum Gasteiger partial charge on any atom is 0.408 e. The molecule has 1 unspecified atom stereocenters. The summed E-state index contributed by atoms with van der Waals surface area (Å²) in [6.45, 7) is 6.29. The van der Waals surface area contributed by atoms with Gasteiger partial charge in [0.25, 0.3) is 0 Å². The highest BCUT2D eigenvalue weighted by Gasteiger charge is 2.24. The van der Waals surface area contributed by atoms with Gasteiger partial charge in [-0.15, -0.1) is 0 Å². The lowest BCUT2D eigenvalue weighted by Crippen LogP contribution is -2.44. The number of hydrogen-bond donors (Lipinski definition) is 1. The molecule has 0 aromatic carbocycles. The summed E-state index contributed by atoms with van der Waals surface area (Å²) < 4.78 is 10.2. The number of carbonyl (C=O) groups is 2. The van der Waals surface area contributed by atoms with Gasteiger partial charge < -0.3 is 14.8 Å². The monoisotopic (exact) mass is 229 g/mol. The van der Waals surface area contributed by atoms with Crippen LogP contribution in [-0.2, 0) is 14.3 Å². The van der Waals surface area contributed by atoms with Crippen molar-refractivity contribution in [1.29, 1.82) is 0 Å². The molecule has 1 N–H and O–H groups in total. The van der Waals surface area contributed by atoms with Crippen molar-refractivity contribution in [2.75, 3.05) is 13.2 Å². The molecule has 0 saturated carbocycles. The Morgan fingerprint density at radius 2 is 2.12 bits per heavy atom. The summed E-state index contributed by atoms with van der Waals surface area (Å²) in [6.07, 6.45) is 0.00370. The first kappa shape index (κ1) is 13.0. The highest BCUT2D eigenvalue weighted by Crippen LogP contribution is 2.09. The van der Waals surface area contributed by atoms with Gasteiger partial charge in [0.15, 0.2) is 5.78 Å². The zero-order valence-electron chi connectivity index (χ0n) is 9.99. The van der Waals surface area contributed by atoms with Crippen molar-refractivity contribution in [3.05, 3.63) is 0 Å². The van der Waals surface area contributed by atoms with Gasteiger partial charge >= 0.3 is 6.09 Å². The molecule has 1 rings (SSSR count). The molecule has 0 spiro atoms. The van der Waals surface area contributed by atoms with E-state index < -0.39 is 12.1 Å². The standard InChI is InChI=1S/C11H19NO4/c1-7(2)10(8(3)13)12-11(14)16-9-4-5-15-6-9/h7,9-10H,4-6H2,1-3H3,(H,12,14)/t9?,10-/m0/s1. The number of carbonyl (C=O) groups excluding carboxylic acids is 2. The molecule has 16 heavy (non-hydrogen) atoms. The molecule has 1 fully saturated rings. The van der Waals surface area contributed by atoms with Crippen LogP contribution in [-0.4, -0.2) is 37.2 Å². The minimum atomic E-state index is -0.538. The summed E-state index contributed by atoms with van der Waals surface area (Å²) in [5.41, 5.74) is 0. The summed E-state index contributed by atoms with van der Waals surface area (Å²) in [7, 11) is 0. The summed E-state index contributed by atoms with van der Waals surface area (Å²) in [5, 5.41) is 2.58. The highest BCUT2D eigenvalue weighted by molar-refractivity contribution is 5.85. The molecule has 0 bridgehead atoms. The Bertz CT molecular complexity index is 259. The third-order valence-corrected chi connectivity index (χ3v) is 2.54. The Morgan fingerprint density at radius 1 is 1.44 bits per heavy atom. The summed E-state index contributed by atoms with van der Waals surface area (Å²) >= 11 is 0. The molecule has 5 nitrogen and oxygen atoms in total. The van der Waals surface area contributed by atoms with Gasteiger partial charge in [-0.1, -0.05) is 13.8 Å². The van der Waals surface area contributed by atoms with Crippen LogP contribution in [0.5, 0.6) is 0 Å². The third-order valence-electron chi connectivity index (χ3n) is 2.54. The van der Waals surface area contributed by atoms with E-state index in [9.17, 15) is 9.59 Å². The molecule has 1 aliphatic heterocycles. The van der Waals surface area contributed by atoms with Crippen LogP contribution in [0.25, 0.3) is 0 Å². The maximum absolute atomic E-state index is 11.5. The first-order valence-corrected chi connectivity index (χ1v) is 5.56. The number of hydrogen-bond acceptors (Lipinski definition) is 4. The SMILES string of the molecule is CC(=O)[C@@H](NC(=O)OC1CCOC1)C(C)C. The lowest BCUT2D eigenvalue weighted by Gasteiger charge is -2.20. The van der Waals surface area contributed by atoms with Crippen LogP contribution >= 0.6 is 0 Å². The number of amides is 1. The van der Waals surface area contributed by atoms with Crippen LogP contribution in [0.4, 0.5) is 4.79 Å². The van der Waals surface area contributed by atoms with Crippen LogP contribution < -0.4 is 5.32 Å². The van der Waals surface area contributed by atoms with E-state index in [1.807, 2.05) is 13.8 Å². The second kappa shape index (κ2) is 5.84. The molecular formula is C11H19NO4. The fourth-order valence-electron chi connectivity index (χ4n) is 1.66. The van der Waals surface area contributed by atoms with Gasteiger partial charge in [-0.2, -0.15) is 0 Å². The molecular weight excluding hydrogens is 210 g/mol. The third kappa shape index (κ3) is 3.81. The minimum Gasteiger partial charge on any atom is -0.444 e. The largest absolute Gasteiger partial charge is 0.444 e. The van der Waals surface area contributed by atoms with Gasteiger partial charge in [-0.25, -0.2) is 4.79 Å². The van der Waals surface area contributed by atoms with Crippen LogP contribution in [0.3, 0.4) is 0 Å². The fourth-order valence-corrected chi connectivity index (χ4v) is 1.66. The average Bonchev–Trinajstić information content (AvgIpc) is 2.65. The number of nitrogens with one attached hydrogen (secondary N) is 1. The zero-order valence-corrected chi connectivity index (χ0v) is 9.99. The molecule has 0 aromatic heterocycles. The van der Waals surface area contributed by atoms with E-state index in [0.29, 0.717) is 13.2 Å². The summed E-state index contributed by atoms with van der Waals surface area (Å²) in [5.74, 6) is -0.000463. The topological polar surface area (TPSA) is 64.6 Å².